The molecular weight excluding hydrogens is 176 g/mol. The molecule has 3 heteroatoms. The molecule has 1 aliphatic carbocycles. The van der Waals surface area contributed by atoms with Gasteiger partial charge in [0.25, 0.3) is 0 Å². The van der Waals surface area contributed by atoms with Crippen molar-refractivity contribution in [3.05, 3.63) is 0 Å². The van der Waals surface area contributed by atoms with Crippen molar-refractivity contribution in [1.29, 1.82) is 5.26 Å². The van der Waals surface area contributed by atoms with Crippen molar-refractivity contribution in [1.82, 2.24) is 5.32 Å². The van der Waals surface area contributed by atoms with Crippen LogP contribution < -0.4 is 5.32 Å². The number of amides is 1. The summed E-state index contributed by atoms with van der Waals surface area (Å²) in [4.78, 5) is 11.2. The molecule has 3 nitrogen and oxygen atoms in total. The van der Waals surface area contributed by atoms with Gasteiger partial charge in [0.2, 0.25) is 5.91 Å². The molecule has 2 atom stereocenters. The van der Waals surface area contributed by atoms with Crippen molar-refractivity contribution in [2.75, 3.05) is 0 Å². The van der Waals surface area contributed by atoms with Gasteiger partial charge in [-0.15, -0.1) is 0 Å². The Morgan fingerprint density at radius 3 is 2.86 bits per heavy atom. The van der Waals surface area contributed by atoms with Gasteiger partial charge < -0.3 is 5.32 Å². The Kier molecular flexibility index (Phi) is 4.45. The standard InChI is InChI=1S/C11H18N2O/c1-2-9-5-3-4-6-10(9)13-11(14)7-8-12/h9-10H,2-7H2,1H3,(H,13,14). The molecule has 14 heavy (non-hydrogen) atoms. The van der Waals surface area contributed by atoms with Gasteiger partial charge in [0.1, 0.15) is 6.42 Å². The van der Waals surface area contributed by atoms with Crippen molar-refractivity contribution in [2.45, 2.75) is 51.5 Å². The molecule has 0 bridgehead atoms. The highest BCUT2D eigenvalue weighted by molar-refractivity contribution is 5.78. The molecule has 0 radical (unpaired) electrons. The topological polar surface area (TPSA) is 52.9 Å². The maximum Gasteiger partial charge on any atom is 0.234 e. The van der Waals surface area contributed by atoms with Crippen LogP contribution in [0, 0.1) is 17.2 Å². The summed E-state index contributed by atoms with van der Waals surface area (Å²) in [5, 5.41) is 11.3. The first-order chi connectivity index (χ1) is 6.77. The van der Waals surface area contributed by atoms with Crippen molar-refractivity contribution >= 4 is 5.91 Å². The van der Waals surface area contributed by atoms with E-state index in [9.17, 15) is 4.79 Å². The van der Waals surface area contributed by atoms with Gasteiger partial charge >= 0.3 is 0 Å². The van der Waals surface area contributed by atoms with Crippen LogP contribution in [-0.2, 0) is 4.79 Å². The minimum atomic E-state index is -0.113. The summed E-state index contributed by atoms with van der Waals surface area (Å²) in [6.07, 6.45) is 5.89. The van der Waals surface area contributed by atoms with Crippen LogP contribution in [0.5, 0.6) is 0 Å². The third kappa shape index (κ3) is 3.02. The zero-order valence-corrected chi connectivity index (χ0v) is 8.75. The summed E-state index contributed by atoms with van der Waals surface area (Å²) >= 11 is 0. The second-order valence-corrected chi connectivity index (χ2v) is 3.96. The van der Waals surface area contributed by atoms with Crippen molar-refractivity contribution in [2.24, 2.45) is 5.92 Å². The molecule has 1 amide bonds. The quantitative estimate of drug-likeness (QED) is 0.747. The Hall–Kier alpha value is -1.04. The first-order valence-corrected chi connectivity index (χ1v) is 5.44. The molecule has 78 valence electrons. The highest BCUT2D eigenvalue weighted by atomic mass is 16.1. The second kappa shape index (κ2) is 5.64. The minimum Gasteiger partial charge on any atom is -0.352 e. The summed E-state index contributed by atoms with van der Waals surface area (Å²) in [6.45, 7) is 2.17. The lowest BCUT2D eigenvalue weighted by molar-refractivity contribution is -0.121. The molecule has 1 aliphatic rings. The average Bonchev–Trinajstić information content (AvgIpc) is 2.19. The van der Waals surface area contributed by atoms with Gasteiger partial charge in [0.15, 0.2) is 0 Å². The van der Waals surface area contributed by atoms with Crippen LogP contribution in [0.25, 0.3) is 0 Å². The van der Waals surface area contributed by atoms with Gasteiger partial charge in [-0.05, 0) is 18.8 Å². The predicted octanol–water partition coefficient (Wildman–Crippen LogP) is 1.99. The van der Waals surface area contributed by atoms with Crippen molar-refractivity contribution < 1.29 is 4.79 Å². The van der Waals surface area contributed by atoms with Crippen molar-refractivity contribution in [3.63, 3.8) is 0 Å². The lowest BCUT2D eigenvalue weighted by Gasteiger charge is -2.31. The van der Waals surface area contributed by atoms with Gasteiger partial charge in [0, 0.05) is 6.04 Å². The lowest BCUT2D eigenvalue weighted by Crippen LogP contribution is -2.41. The fourth-order valence-electron chi connectivity index (χ4n) is 2.22. The summed E-state index contributed by atoms with van der Waals surface area (Å²) in [6, 6.07) is 2.19. The third-order valence-corrected chi connectivity index (χ3v) is 3.02. The lowest BCUT2D eigenvalue weighted by atomic mass is 9.83. The Morgan fingerprint density at radius 1 is 1.50 bits per heavy atom. The van der Waals surface area contributed by atoms with E-state index in [1.165, 1.54) is 19.3 Å². The van der Waals surface area contributed by atoms with Crippen molar-refractivity contribution in [3.8, 4) is 6.07 Å². The van der Waals surface area contributed by atoms with Gasteiger partial charge in [-0.25, -0.2) is 0 Å². The molecule has 0 aromatic heterocycles. The Balaban J connectivity index is 2.40. The fraction of sp³-hybridized carbons (Fsp3) is 0.818. The summed E-state index contributed by atoms with van der Waals surface area (Å²) in [7, 11) is 0. The van der Waals surface area contributed by atoms with E-state index >= 15 is 0 Å². The molecule has 1 N–H and O–H groups in total. The molecular formula is C11H18N2O. The van der Waals surface area contributed by atoms with Crippen LogP contribution in [-0.4, -0.2) is 11.9 Å². The van der Waals surface area contributed by atoms with Gasteiger partial charge in [0.05, 0.1) is 6.07 Å². The number of nitrogens with one attached hydrogen (secondary N) is 1. The number of hydrogen-bond donors (Lipinski definition) is 1. The number of hydrogen-bond acceptors (Lipinski definition) is 2. The Bertz CT molecular complexity index is 232. The average molecular weight is 194 g/mol. The Labute approximate surface area is 85.5 Å². The molecule has 0 aromatic rings. The molecule has 0 aromatic carbocycles. The summed E-state index contributed by atoms with van der Waals surface area (Å²) in [5.41, 5.74) is 0. The zero-order chi connectivity index (χ0) is 10.4. The molecule has 0 aliphatic heterocycles. The maximum atomic E-state index is 11.2. The van der Waals surface area contributed by atoms with Crippen LogP contribution in [0.1, 0.15) is 45.4 Å². The molecule has 1 rings (SSSR count). The largest absolute Gasteiger partial charge is 0.352 e. The molecule has 0 spiro atoms. The van der Waals surface area contributed by atoms with Gasteiger partial charge in [-0.3, -0.25) is 4.79 Å². The van der Waals surface area contributed by atoms with E-state index in [2.05, 4.69) is 12.2 Å². The van der Waals surface area contributed by atoms with E-state index in [1.54, 1.807) is 0 Å². The molecule has 0 heterocycles. The highest BCUT2D eigenvalue weighted by Crippen LogP contribution is 2.26. The zero-order valence-electron chi connectivity index (χ0n) is 8.75. The van der Waals surface area contributed by atoms with Crippen LogP contribution >= 0.6 is 0 Å². The SMILES string of the molecule is CCC1CCCCC1NC(=O)CC#N. The molecule has 0 saturated heterocycles. The summed E-state index contributed by atoms with van der Waals surface area (Å²) < 4.78 is 0. The normalized spacial score (nSPS) is 26.6. The fourth-order valence-corrected chi connectivity index (χ4v) is 2.22. The minimum absolute atomic E-state index is 0.00701. The van der Waals surface area contributed by atoms with E-state index < -0.39 is 0 Å². The Morgan fingerprint density at radius 2 is 2.21 bits per heavy atom. The predicted molar refractivity (Wildman–Crippen MR) is 54.4 cm³/mol. The summed E-state index contributed by atoms with van der Waals surface area (Å²) in [5.74, 6) is 0.504. The van der Waals surface area contributed by atoms with Crippen LogP contribution in [0.4, 0.5) is 0 Å². The van der Waals surface area contributed by atoms with Crippen LogP contribution in [0.3, 0.4) is 0 Å². The number of carbonyl (C=O) groups excluding carboxylic acids is 1. The molecule has 1 saturated carbocycles. The monoisotopic (exact) mass is 194 g/mol. The number of nitriles is 1. The second-order valence-electron chi connectivity index (χ2n) is 3.96. The van der Waals surface area contributed by atoms with Crippen LogP contribution in [0.2, 0.25) is 0 Å². The molecule has 2 unspecified atom stereocenters. The first-order valence-electron chi connectivity index (χ1n) is 5.44. The van der Waals surface area contributed by atoms with E-state index in [1.807, 2.05) is 6.07 Å². The maximum absolute atomic E-state index is 11.2. The number of nitrogens with zero attached hydrogens (tertiary/aromatic N) is 1. The van der Waals surface area contributed by atoms with E-state index in [4.69, 9.17) is 5.26 Å². The molecule has 1 fully saturated rings. The van der Waals surface area contributed by atoms with E-state index in [0.717, 1.165) is 12.8 Å². The van der Waals surface area contributed by atoms with Gasteiger partial charge in [-0.2, -0.15) is 5.26 Å². The van der Waals surface area contributed by atoms with Crippen LogP contribution in [0.15, 0.2) is 0 Å². The smallest absolute Gasteiger partial charge is 0.234 e. The highest BCUT2D eigenvalue weighted by Gasteiger charge is 2.24. The van der Waals surface area contributed by atoms with E-state index in [-0.39, 0.29) is 12.3 Å². The van der Waals surface area contributed by atoms with Gasteiger partial charge in [-0.1, -0.05) is 26.2 Å². The third-order valence-electron chi connectivity index (χ3n) is 3.02. The number of carbonyl (C=O) groups is 1. The number of rotatable bonds is 3. The van der Waals surface area contributed by atoms with E-state index in [0.29, 0.717) is 12.0 Å². The first kappa shape index (κ1) is 11.0.